The predicted octanol–water partition coefficient (Wildman–Crippen LogP) is 1.80. The lowest BCUT2D eigenvalue weighted by Gasteiger charge is -2.24. The summed E-state index contributed by atoms with van der Waals surface area (Å²) in [7, 11) is 2.17. The van der Waals surface area contributed by atoms with E-state index in [1.807, 2.05) is 12.1 Å². The Morgan fingerprint density at radius 2 is 2.11 bits per heavy atom. The molecule has 2 rings (SSSR count). The van der Waals surface area contributed by atoms with Gasteiger partial charge in [-0.1, -0.05) is 23.7 Å². The van der Waals surface area contributed by atoms with E-state index >= 15 is 0 Å². The molecule has 18 heavy (non-hydrogen) atoms. The van der Waals surface area contributed by atoms with Crippen molar-refractivity contribution in [3.63, 3.8) is 0 Å². The quantitative estimate of drug-likeness (QED) is 0.883. The van der Waals surface area contributed by atoms with Crippen LogP contribution in [0.25, 0.3) is 0 Å². The van der Waals surface area contributed by atoms with Gasteiger partial charge in [0.2, 0.25) is 0 Å². The van der Waals surface area contributed by atoms with Gasteiger partial charge in [-0.05, 0) is 31.2 Å². The summed E-state index contributed by atoms with van der Waals surface area (Å²) in [6, 6.07) is 8.80. The lowest BCUT2D eigenvalue weighted by atomic mass is 10.2. The Morgan fingerprint density at radius 1 is 1.39 bits per heavy atom. The maximum atomic E-state index is 5.90. The van der Waals surface area contributed by atoms with E-state index in [2.05, 4.69) is 29.0 Å². The van der Waals surface area contributed by atoms with Gasteiger partial charge in [0.15, 0.2) is 0 Å². The average molecular weight is 268 g/mol. The molecule has 0 aromatic heterocycles. The molecule has 4 heteroatoms. The van der Waals surface area contributed by atoms with Crippen molar-refractivity contribution >= 4 is 11.6 Å². The van der Waals surface area contributed by atoms with Crippen molar-refractivity contribution in [3.05, 3.63) is 34.9 Å². The molecule has 0 radical (unpaired) electrons. The Labute approximate surface area is 115 Å². The van der Waals surface area contributed by atoms with E-state index in [0.717, 1.165) is 31.2 Å². The third kappa shape index (κ3) is 3.69. The molecule has 1 aliphatic rings. The summed E-state index contributed by atoms with van der Waals surface area (Å²) in [5.74, 6) is 0. The number of halogens is 1. The number of likely N-dealkylation sites (tertiary alicyclic amines) is 1. The molecule has 1 saturated heterocycles. The summed E-state index contributed by atoms with van der Waals surface area (Å²) in [6.07, 6.45) is 1.24. The van der Waals surface area contributed by atoms with Crippen LogP contribution in [0, 0.1) is 0 Å². The molecule has 1 aliphatic heterocycles. The van der Waals surface area contributed by atoms with Gasteiger partial charge >= 0.3 is 0 Å². The lowest BCUT2D eigenvalue weighted by Crippen LogP contribution is -2.37. The van der Waals surface area contributed by atoms with Crippen LogP contribution >= 0.6 is 11.6 Å². The van der Waals surface area contributed by atoms with Crippen molar-refractivity contribution in [2.75, 3.05) is 33.2 Å². The summed E-state index contributed by atoms with van der Waals surface area (Å²) in [5, 5.41) is 0.806. The van der Waals surface area contributed by atoms with Crippen molar-refractivity contribution < 1.29 is 0 Å². The van der Waals surface area contributed by atoms with E-state index < -0.39 is 0 Å². The zero-order valence-corrected chi connectivity index (χ0v) is 11.7. The number of benzene rings is 1. The minimum atomic E-state index is 0.654. The minimum Gasteiger partial charge on any atom is -0.329 e. The molecule has 1 unspecified atom stereocenters. The van der Waals surface area contributed by atoms with Gasteiger partial charge in [-0.3, -0.25) is 4.90 Å². The maximum Gasteiger partial charge on any atom is 0.0406 e. The van der Waals surface area contributed by atoms with Crippen LogP contribution in [0.15, 0.2) is 24.3 Å². The highest BCUT2D eigenvalue weighted by molar-refractivity contribution is 6.30. The monoisotopic (exact) mass is 267 g/mol. The molecular formula is C14H22ClN3. The van der Waals surface area contributed by atoms with Gasteiger partial charge in [0.05, 0.1) is 0 Å². The Kier molecular flexibility index (Phi) is 5.01. The van der Waals surface area contributed by atoms with Crippen LogP contribution in [0.2, 0.25) is 5.02 Å². The molecule has 0 spiro atoms. The predicted molar refractivity (Wildman–Crippen MR) is 76.8 cm³/mol. The number of hydrogen-bond donors (Lipinski definition) is 1. The highest BCUT2D eigenvalue weighted by atomic mass is 35.5. The van der Waals surface area contributed by atoms with Crippen LogP contribution in [0.1, 0.15) is 12.0 Å². The molecule has 0 amide bonds. The van der Waals surface area contributed by atoms with Crippen molar-refractivity contribution in [2.45, 2.75) is 19.0 Å². The zero-order valence-electron chi connectivity index (χ0n) is 11.0. The summed E-state index contributed by atoms with van der Waals surface area (Å²) in [6.45, 7) is 5.05. The van der Waals surface area contributed by atoms with Crippen molar-refractivity contribution in [1.82, 2.24) is 9.80 Å². The van der Waals surface area contributed by atoms with E-state index in [0.29, 0.717) is 6.04 Å². The van der Waals surface area contributed by atoms with Crippen LogP contribution in [-0.2, 0) is 6.54 Å². The number of likely N-dealkylation sites (N-methyl/N-ethyl adjacent to an activating group) is 1. The third-order valence-electron chi connectivity index (χ3n) is 3.67. The number of hydrogen-bond acceptors (Lipinski definition) is 3. The van der Waals surface area contributed by atoms with E-state index in [1.165, 1.54) is 18.5 Å². The number of rotatable bonds is 5. The topological polar surface area (TPSA) is 32.5 Å². The molecule has 1 heterocycles. The molecule has 1 aromatic carbocycles. The molecule has 3 nitrogen and oxygen atoms in total. The van der Waals surface area contributed by atoms with Crippen LogP contribution < -0.4 is 5.73 Å². The molecule has 2 N–H and O–H groups in total. The molecule has 1 aromatic rings. The van der Waals surface area contributed by atoms with Crippen molar-refractivity contribution in [3.8, 4) is 0 Å². The summed E-state index contributed by atoms with van der Waals surface area (Å²) < 4.78 is 0. The van der Waals surface area contributed by atoms with Crippen LogP contribution in [0.5, 0.6) is 0 Å². The van der Waals surface area contributed by atoms with Gasteiger partial charge in [0, 0.05) is 43.8 Å². The first-order valence-corrected chi connectivity index (χ1v) is 6.94. The van der Waals surface area contributed by atoms with E-state index in [-0.39, 0.29) is 0 Å². The molecule has 0 aliphatic carbocycles. The normalized spacial score (nSPS) is 20.8. The fourth-order valence-corrected chi connectivity index (χ4v) is 2.68. The number of nitrogens with two attached hydrogens (primary N) is 1. The second-order valence-electron chi connectivity index (χ2n) is 5.07. The largest absolute Gasteiger partial charge is 0.329 e. The first-order chi connectivity index (χ1) is 8.69. The summed E-state index contributed by atoms with van der Waals surface area (Å²) in [5.41, 5.74) is 6.94. The van der Waals surface area contributed by atoms with Crippen LogP contribution in [0.4, 0.5) is 0 Å². The van der Waals surface area contributed by atoms with Gasteiger partial charge in [0.25, 0.3) is 0 Å². The molecule has 1 fully saturated rings. The fraction of sp³-hybridized carbons (Fsp3) is 0.571. The van der Waals surface area contributed by atoms with E-state index in [1.54, 1.807) is 0 Å². The Hall–Kier alpha value is -0.610. The van der Waals surface area contributed by atoms with Crippen molar-refractivity contribution in [1.29, 1.82) is 0 Å². The van der Waals surface area contributed by atoms with Crippen LogP contribution in [0.3, 0.4) is 0 Å². The molecule has 0 bridgehead atoms. The standard InChI is InChI=1S/C14H22ClN3/c1-17(9-7-16)14-6-8-18(11-14)10-12-2-4-13(15)5-3-12/h2-5,14H,6-11,16H2,1H3. The Bertz CT molecular complexity index is 366. The van der Waals surface area contributed by atoms with Gasteiger partial charge in [0.1, 0.15) is 0 Å². The van der Waals surface area contributed by atoms with Gasteiger partial charge in [-0.15, -0.1) is 0 Å². The van der Waals surface area contributed by atoms with Gasteiger partial charge in [-0.2, -0.15) is 0 Å². The summed E-state index contributed by atoms with van der Waals surface area (Å²) >= 11 is 5.90. The Morgan fingerprint density at radius 3 is 2.78 bits per heavy atom. The van der Waals surface area contributed by atoms with Gasteiger partial charge < -0.3 is 10.6 Å². The fourth-order valence-electron chi connectivity index (χ4n) is 2.55. The average Bonchev–Trinajstić information content (AvgIpc) is 2.81. The SMILES string of the molecule is CN(CCN)C1CCN(Cc2ccc(Cl)cc2)C1. The zero-order chi connectivity index (χ0) is 13.0. The highest BCUT2D eigenvalue weighted by Crippen LogP contribution is 2.18. The van der Waals surface area contributed by atoms with E-state index in [4.69, 9.17) is 17.3 Å². The second kappa shape index (κ2) is 6.53. The first-order valence-electron chi connectivity index (χ1n) is 6.56. The maximum absolute atomic E-state index is 5.90. The molecular weight excluding hydrogens is 246 g/mol. The molecule has 1 atom stereocenters. The third-order valence-corrected chi connectivity index (χ3v) is 3.92. The van der Waals surface area contributed by atoms with Crippen molar-refractivity contribution in [2.24, 2.45) is 5.73 Å². The summed E-state index contributed by atoms with van der Waals surface area (Å²) in [4.78, 5) is 4.88. The van der Waals surface area contributed by atoms with E-state index in [9.17, 15) is 0 Å². The smallest absolute Gasteiger partial charge is 0.0406 e. The Balaban J connectivity index is 1.84. The minimum absolute atomic E-state index is 0.654. The second-order valence-corrected chi connectivity index (χ2v) is 5.51. The first kappa shape index (κ1) is 13.8. The number of nitrogens with zero attached hydrogens (tertiary/aromatic N) is 2. The lowest BCUT2D eigenvalue weighted by molar-refractivity contribution is 0.234. The molecule has 100 valence electrons. The molecule has 0 saturated carbocycles. The van der Waals surface area contributed by atoms with Gasteiger partial charge in [-0.25, -0.2) is 0 Å². The van der Waals surface area contributed by atoms with Crippen LogP contribution in [-0.4, -0.2) is 49.1 Å². The highest BCUT2D eigenvalue weighted by Gasteiger charge is 2.24.